The van der Waals surface area contributed by atoms with Gasteiger partial charge in [0.1, 0.15) is 0 Å². The smallest absolute Gasteiger partial charge is 0.225 e. The normalized spacial score (nSPS) is 21.0. The minimum absolute atomic E-state index is 0. The third kappa shape index (κ3) is 5.26. The van der Waals surface area contributed by atoms with Crippen molar-refractivity contribution in [1.82, 2.24) is 5.32 Å². The molecule has 1 aliphatic carbocycles. The van der Waals surface area contributed by atoms with Crippen molar-refractivity contribution in [2.24, 2.45) is 0 Å². The van der Waals surface area contributed by atoms with E-state index in [9.17, 15) is 9.18 Å². The summed E-state index contributed by atoms with van der Waals surface area (Å²) in [6, 6.07) is 4.81. The maximum absolute atomic E-state index is 14.0. The lowest BCUT2D eigenvalue weighted by Crippen LogP contribution is -2.39. The number of anilines is 1. The Kier molecular flexibility index (Phi) is 6.99. The summed E-state index contributed by atoms with van der Waals surface area (Å²) < 4.78 is 19.5. The first kappa shape index (κ1) is 18.4. The number of ether oxygens (including phenoxy) is 1. The molecule has 1 heterocycles. The van der Waals surface area contributed by atoms with Gasteiger partial charge in [-0.1, -0.05) is 0 Å². The number of halogens is 2. The summed E-state index contributed by atoms with van der Waals surface area (Å²) in [4.78, 5) is 12.0. The van der Waals surface area contributed by atoms with Crippen LogP contribution >= 0.6 is 24.2 Å². The zero-order chi connectivity index (χ0) is 15.4. The van der Waals surface area contributed by atoms with Crippen molar-refractivity contribution < 1.29 is 13.9 Å². The second kappa shape index (κ2) is 8.76. The Bertz CT molecular complexity index is 537. The van der Waals surface area contributed by atoms with Gasteiger partial charge in [0.25, 0.3) is 0 Å². The molecule has 4 nitrogen and oxygen atoms in total. The summed E-state index contributed by atoms with van der Waals surface area (Å²) in [5.41, 5.74) is 0.479. The highest BCUT2D eigenvalue weighted by molar-refractivity contribution is 7.99. The van der Waals surface area contributed by atoms with Gasteiger partial charge in [-0.3, -0.25) is 4.79 Å². The molecule has 128 valence electrons. The van der Waals surface area contributed by atoms with Crippen LogP contribution in [0, 0.1) is 5.82 Å². The van der Waals surface area contributed by atoms with Crippen LogP contribution in [0.15, 0.2) is 18.2 Å². The quantitative estimate of drug-likeness (QED) is 0.846. The van der Waals surface area contributed by atoms with E-state index >= 15 is 0 Å². The van der Waals surface area contributed by atoms with Crippen LogP contribution in [-0.4, -0.2) is 36.1 Å². The Morgan fingerprint density at radius 2 is 2.26 bits per heavy atom. The van der Waals surface area contributed by atoms with Crippen molar-refractivity contribution in [3.8, 4) is 5.75 Å². The van der Waals surface area contributed by atoms with Gasteiger partial charge in [0, 0.05) is 42.3 Å². The zero-order valence-electron chi connectivity index (χ0n) is 12.8. The highest BCUT2D eigenvalue weighted by atomic mass is 35.5. The van der Waals surface area contributed by atoms with Crippen LogP contribution in [0.1, 0.15) is 25.7 Å². The Morgan fingerprint density at radius 3 is 2.87 bits per heavy atom. The average Bonchev–Trinajstić information content (AvgIpc) is 2.45. The third-order valence-corrected chi connectivity index (χ3v) is 5.12. The van der Waals surface area contributed by atoms with Gasteiger partial charge in [-0.15, -0.1) is 12.4 Å². The van der Waals surface area contributed by atoms with E-state index in [-0.39, 0.29) is 36.2 Å². The molecular formula is C16H22ClFN2O2S. The number of thioether (sulfide) groups is 1. The van der Waals surface area contributed by atoms with E-state index < -0.39 is 5.82 Å². The number of carbonyl (C=O) groups excluding carboxylic acids is 1. The lowest BCUT2D eigenvalue weighted by molar-refractivity contribution is -0.116. The van der Waals surface area contributed by atoms with Crippen LogP contribution < -0.4 is 15.4 Å². The molecule has 1 unspecified atom stereocenters. The second-order valence-electron chi connectivity index (χ2n) is 5.79. The molecular weight excluding hydrogens is 339 g/mol. The Balaban J connectivity index is 0.00000192. The Labute approximate surface area is 146 Å². The zero-order valence-corrected chi connectivity index (χ0v) is 14.5. The van der Waals surface area contributed by atoms with E-state index in [0.717, 1.165) is 37.3 Å². The number of rotatable bonds is 5. The summed E-state index contributed by atoms with van der Waals surface area (Å²) in [6.07, 6.45) is 3.68. The first-order chi connectivity index (χ1) is 10.7. The molecule has 1 saturated carbocycles. The van der Waals surface area contributed by atoms with Gasteiger partial charge in [-0.2, -0.15) is 11.8 Å². The minimum atomic E-state index is -0.420. The van der Waals surface area contributed by atoms with Gasteiger partial charge in [0.05, 0.1) is 6.10 Å². The van der Waals surface area contributed by atoms with Gasteiger partial charge in [-0.25, -0.2) is 4.39 Å². The molecule has 7 heteroatoms. The number of hydrogen-bond donors (Lipinski definition) is 2. The van der Waals surface area contributed by atoms with Crippen molar-refractivity contribution in [3.63, 3.8) is 0 Å². The molecule has 2 fully saturated rings. The fourth-order valence-electron chi connectivity index (χ4n) is 2.53. The van der Waals surface area contributed by atoms with Crippen LogP contribution in [0.25, 0.3) is 0 Å². The molecule has 1 amide bonds. The number of hydrogen-bond acceptors (Lipinski definition) is 4. The molecule has 0 aromatic heterocycles. The maximum Gasteiger partial charge on any atom is 0.225 e. The number of carbonyl (C=O) groups is 1. The lowest BCUT2D eigenvalue weighted by Gasteiger charge is -2.26. The van der Waals surface area contributed by atoms with E-state index in [1.807, 2.05) is 11.8 Å². The lowest BCUT2D eigenvalue weighted by atomic mass is 9.96. The average molecular weight is 361 g/mol. The summed E-state index contributed by atoms with van der Waals surface area (Å²) in [7, 11) is 0. The molecule has 1 aromatic rings. The summed E-state index contributed by atoms with van der Waals surface area (Å²) in [6.45, 7) is 0.935. The van der Waals surface area contributed by atoms with Crippen LogP contribution in [0.5, 0.6) is 5.75 Å². The predicted octanol–water partition coefficient (Wildman–Crippen LogP) is 3.21. The number of benzene rings is 1. The van der Waals surface area contributed by atoms with Gasteiger partial charge < -0.3 is 15.4 Å². The summed E-state index contributed by atoms with van der Waals surface area (Å²) >= 11 is 1.85. The molecule has 1 aliphatic heterocycles. The van der Waals surface area contributed by atoms with Crippen LogP contribution in [0.2, 0.25) is 0 Å². The second-order valence-corrected chi connectivity index (χ2v) is 6.94. The molecule has 3 rings (SSSR count). The van der Waals surface area contributed by atoms with E-state index in [4.69, 9.17) is 4.74 Å². The summed E-state index contributed by atoms with van der Waals surface area (Å²) in [5.74, 6) is 1.79. The Morgan fingerprint density at radius 1 is 1.43 bits per heavy atom. The van der Waals surface area contributed by atoms with Crippen molar-refractivity contribution in [2.75, 3.05) is 23.4 Å². The first-order valence-corrected chi connectivity index (χ1v) is 8.93. The van der Waals surface area contributed by atoms with Crippen molar-refractivity contribution in [1.29, 1.82) is 0 Å². The fraction of sp³-hybridized carbons (Fsp3) is 0.562. The number of nitrogens with one attached hydrogen (secondary N) is 2. The van der Waals surface area contributed by atoms with Crippen LogP contribution in [0.4, 0.5) is 10.1 Å². The van der Waals surface area contributed by atoms with Crippen LogP contribution in [-0.2, 0) is 4.79 Å². The molecule has 1 aromatic carbocycles. The highest BCUT2D eigenvalue weighted by Gasteiger charge is 2.21. The minimum Gasteiger partial charge on any atom is -0.487 e. The molecule has 2 N–H and O–H groups in total. The highest BCUT2D eigenvalue weighted by Crippen LogP contribution is 2.28. The standard InChI is InChI=1S/C16H21FN2O2S.ClH/c17-14-8-11(4-5-15(14)21-13-2-1-3-13)19-16(20)9-12-10-22-7-6-18-12;/h4-5,8,12-13,18H,1-3,6-7,9-10H2,(H,19,20);1H. The van der Waals surface area contributed by atoms with E-state index in [1.165, 1.54) is 6.07 Å². The maximum atomic E-state index is 14.0. The first-order valence-electron chi connectivity index (χ1n) is 7.78. The Hall–Kier alpha value is -0.980. The molecule has 1 saturated heterocycles. The molecule has 1 atom stereocenters. The van der Waals surface area contributed by atoms with Crippen LogP contribution in [0.3, 0.4) is 0 Å². The number of amides is 1. The molecule has 23 heavy (non-hydrogen) atoms. The van der Waals surface area contributed by atoms with Gasteiger partial charge in [0.2, 0.25) is 5.91 Å². The fourth-order valence-corrected chi connectivity index (χ4v) is 3.48. The van der Waals surface area contributed by atoms with Gasteiger partial charge >= 0.3 is 0 Å². The van der Waals surface area contributed by atoms with Crippen molar-refractivity contribution in [2.45, 2.75) is 37.8 Å². The van der Waals surface area contributed by atoms with Gasteiger partial charge in [-0.05, 0) is 31.4 Å². The van der Waals surface area contributed by atoms with E-state index in [2.05, 4.69) is 10.6 Å². The predicted molar refractivity (Wildman–Crippen MR) is 94.3 cm³/mol. The molecule has 0 bridgehead atoms. The molecule has 0 radical (unpaired) electrons. The van der Waals surface area contributed by atoms with Gasteiger partial charge in [0.15, 0.2) is 11.6 Å². The van der Waals surface area contributed by atoms with E-state index in [1.54, 1.807) is 12.1 Å². The monoisotopic (exact) mass is 360 g/mol. The third-order valence-electron chi connectivity index (χ3n) is 3.99. The SMILES string of the molecule is Cl.O=C(CC1CSCCN1)Nc1ccc(OC2CCC2)c(F)c1. The topological polar surface area (TPSA) is 50.4 Å². The van der Waals surface area contributed by atoms with E-state index in [0.29, 0.717) is 12.1 Å². The largest absolute Gasteiger partial charge is 0.487 e. The molecule has 0 spiro atoms. The molecule has 2 aliphatic rings. The summed E-state index contributed by atoms with van der Waals surface area (Å²) in [5, 5.41) is 6.07. The van der Waals surface area contributed by atoms with Crippen molar-refractivity contribution in [3.05, 3.63) is 24.0 Å². The van der Waals surface area contributed by atoms with Crippen molar-refractivity contribution >= 4 is 35.8 Å².